The van der Waals surface area contributed by atoms with E-state index in [2.05, 4.69) is 15.5 Å². The van der Waals surface area contributed by atoms with Crippen LogP contribution in [0.3, 0.4) is 0 Å². The van der Waals surface area contributed by atoms with E-state index < -0.39 is 0 Å². The number of hydrazone groups is 1. The molecular formula is C22H17N3O2. The zero-order valence-electron chi connectivity index (χ0n) is 14.4. The number of amides is 1. The highest BCUT2D eigenvalue weighted by Gasteiger charge is 2.12. The molecule has 4 rings (SSSR count). The van der Waals surface area contributed by atoms with E-state index in [1.807, 2.05) is 42.5 Å². The lowest BCUT2D eigenvalue weighted by Gasteiger charge is -2.02. The van der Waals surface area contributed by atoms with Gasteiger partial charge in [0.15, 0.2) is 0 Å². The number of para-hydroxylation sites is 1. The number of carbonyl (C=O) groups is 1. The van der Waals surface area contributed by atoms with Crippen LogP contribution in [-0.2, 0) is 0 Å². The number of benzene rings is 3. The molecule has 3 aromatic carbocycles. The number of H-pyrrole nitrogens is 1. The number of phenolic OH excluding ortho intramolecular Hbond substituents is 1. The van der Waals surface area contributed by atoms with E-state index >= 15 is 0 Å². The summed E-state index contributed by atoms with van der Waals surface area (Å²) < 4.78 is 0. The Bertz CT molecular complexity index is 1110. The van der Waals surface area contributed by atoms with E-state index in [9.17, 15) is 9.90 Å². The Morgan fingerprint density at radius 3 is 2.41 bits per heavy atom. The third-order valence-electron chi connectivity index (χ3n) is 4.30. The summed E-state index contributed by atoms with van der Waals surface area (Å²) in [4.78, 5) is 15.6. The molecule has 0 bridgehead atoms. The van der Waals surface area contributed by atoms with Gasteiger partial charge >= 0.3 is 0 Å². The van der Waals surface area contributed by atoms with Gasteiger partial charge in [0, 0.05) is 22.0 Å². The first-order chi connectivity index (χ1) is 13.2. The van der Waals surface area contributed by atoms with Gasteiger partial charge in [-0.3, -0.25) is 4.79 Å². The van der Waals surface area contributed by atoms with Crippen LogP contribution in [0.2, 0.25) is 0 Å². The van der Waals surface area contributed by atoms with E-state index in [4.69, 9.17) is 0 Å². The second-order valence-electron chi connectivity index (χ2n) is 6.07. The zero-order valence-corrected chi connectivity index (χ0v) is 14.4. The van der Waals surface area contributed by atoms with Crippen molar-refractivity contribution in [3.05, 3.63) is 90.0 Å². The summed E-state index contributed by atoms with van der Waals surface area (Å²) in [7, 11) is 0. The van der Waals surface area contributed by atoms with Crippen molar-refractivity contribution in [2.24, 2.45) is 5.10 Å². The molecule has 1 amide bonds. The Morgan fingerprint density at radius 1 is 0.926 bits per heavy atom. The van der Waals surface area contributed by atoms with Crippen molar-refractivity contribution < 1.29 is 9.90 Å². The van der Waals surface area contributed by atoms with Gasteiger partial charge in [-0.1, -0.05) is 36.4 Å². The van der Waals surface area contributed by atoms with Crippen LogP contribution < -0.4 is 5.43 Å². The second-order valence-corrected chi connectivity index (χ2v) is 6.07. The fourth-order valence-corrected chi connectivity index (χ4v) is 2.96. The Labute approximate surface area is 156 Å². The van der Waals surface area contributed by atoms with Gasteiger partial charge in [-0.25, -0.2) is 5.43 Å². The highest BCUT2D eigenvalue weighted by atomic mass is 16.3. The molecule has 1 aromatic heterocycles. The maximum absolute atomic E-state index is 12.2. The lowest BCUT2D eigenvalue weighted by atomic mass is 10.1. The third kappa shape index (κ3) is 3.43. The van der Waals surface area contributed by atoms with Crippen molar-refractivity contribution in [1.29, 1.82) is 0 Å². The van der Waals surface area contributed by atoms with E-state index in [-0.39, 0.29) is 11.7 Å². The van der Waals surface area contributed by atoms with Gasteiger partial charge in [0.2, 0.25) is 0 Å². The average Bonchev–Trinajstić information content (AvgIpc) is 3.08. The molecule has 0 unspecified atom stereocenters. The third-order valence-corrected chi connectivity index (χ3v) is 4.30. The van der Waals surface area contributed by atoms with Gasteiger partial charge in [-0.2, -0.15) is 5.10 Å². The van der Waals surface area contributed by atoms with Gasteiger partial charge in [0.25, 0.3) is 5.91 Å². The number of nitrogens with zero attached hydrogens (tertiary/aromatic N) is 1. The standard InChI is InChI=1S/C22H17N3O2/c26-17-12-10-15(11-13-17)21-19(18-8-4-5-9-20(18)24-21)14-23-25-22(27)16-6-2-1-3-7-16/h1-14,24,26H,(H,25,27)/b23-14+. The van der Waals surface area contributed by atoms with Gasteiger partial charge < -0.3 is 10.1 Å². The number of hydrogen-bond acceptors (Lipinski definition) is 3. The van der Waals surface area contributed by atoms with E-state index in [0.29, 0.717) is 5.56 Å². The van der Waals surface area contributed by atoms with Crippen LogP contribution >= 0.6 is 0 Å². The molecule has 5 nitrogen and oxygen atoms in total. The molecule has 0 aliphatic carbocycles. The molecule has 0 radical (unpaired) electrons. The number of aromatic amines is 1. The monoisotopic (exact) mass is 355 g/mol. The molecule has 0 fully saturated rings. The van der Waals surface area contributed by atoms with Crippen LogP contribution in [0, 0.1) is 0 Å². The summed E-state index contributed by atoms with van der Waals surface area (Å²) >= 11 is 0. The number of aromatic hydroxyl groups is 1. The molecule has 0 aliphatic rings. The van der Waals surface area contributed by atoms with Crippen molar-refractivity contribution in [1.82, 2.24) is 10.4 Å². The molecule has 0 spiro atoms. The van der Waals surface area contributed by atoms with Crippen molar-refractivity contribution in [3.63, 3.8) is 0 Å². The fourth-order valence-electron chi connectivity index (χ4n) is 2.96. The zero-order chi connectivity index (χ0) is 18.6. The molecule has 0 atom stereocenters. The number of fused-ring (bicyclic) bond motifs is 1. The number of rotatable bonds is 4. The summed E-state index contributed by atoms with van der Waals surface area (Å²) in [5.74, 6) is -0.0573. The van der Waals surface area contributed by atoms with Crippen LogP contribution in [0.1, 0.15) is 15.9 Å². The number of phenols is 1. The van der Waals surface area contributed by atoms with Crippen molar-refractivity contribution in [3.8, 4) is 17.0 Å². The van der Waals surface area contributed by atoms with Crippen LogP contribution in [0.4, 0.5) is 0 Å². The number of aromatic nitrogens is 1. The van der Waals surface area contributed by atoms with Crippen molar-refractivity contribution >= 4 is 23.0 Å². The summed E-state index contributed by atoms with van der Waals surface area (Å²) in [6.07, 6.45) is 1.64. The van der Waals surface area contributed by atoms with Gasteiger partial charge in [0.05, 0.1) is 11.9 Å². The molecule has 27 heavy (non-hydrogen) atoms. The van der Waals surface area contributed by atoms with Crippen molar-refractivity contribution in [2.45, 2.75) is 0 Å². The molecular weight excluding hydrogens is 338 g/mol. The minimum atomic E-state index is -0.266. The van der Waals surface area contributed by atoms with Crippen LogP contribution in [0.15, 0.2) is 84.0 Å². The van der Waals surface area contributed by atoms with E-state index in [1.54, 1.807) is 42.6 Å². The second kappa shape index (κ2) is 7.17. The summed E-state index contributed by atoms with van der Waals surface area (Å²) in [5.41, 5.74) is 6.73. The first-order valence-electron chi connectivity index (χ1n) is 8.51. The molecule has 1 heterocycles. The molecule has 0 saturated heterocycles. The summed E-state index contributed by atoms with van der Waals surface area (Å²) in [5, 5.41) is 14.7. The predicted molar refractivity (Wildman–Crippen MR) is 107 cm³/mol. The Balaban J connectivity index is 1.68. The Kier molecular flexibility index (Phi) is 4.41. The normalized spacial score (nSPS) is 11.1. The van der Waals surface area contributed by atoms with E-state index in [0.717, 1.165) is 27.7 Å². The molecule has 0 aliphatic heterocycles. The smallest absolute Gasteiger partial charge is 0.271 e. The quantitative estimate of drug-likeness (QED) is 0.377. The van der Waals surface area contributed by atoms with Crippen LogP contribution in [-0.4, -0.2) is 22.2 Å². The molecule has 132 valence electrons. The molecule has 0 saturated carbocycles. The number of hydrogen-bond donors (Lipinski definition) is 3. The van der Waals surface area contributed by atoms with Crippen LogP contribution in [0.5, 0.6) is 5.75 Å². The minimum Gasteiger partial charge on any atom is -0.508 e. The molecule has 5 heteroatoms. The maximum atomic E-state index is 12.2. The molecule has 3 N–H and O–H groups in total. The summed E-state index contributed by atoms with van der Waals surface area (Å²) in [6, 6.07) is 23.8. The lowest BCUT2D eigenvalue weighted by molar-refractivity contribution is 0.0955. The first kappa shape index (κ1) is 16.6. The average molecular weight is 355 g/mol. The van der Waals surface area contributed by atoms with Gasteiger partial charge in [-0.15, -0.1) is 0 Å². The molecule has 4 aromatic rings. The topological polar surface area (TPSA) is 77.5 Å². The fraction of sp³-hybridized carbons (Fsp3) is 0. The first-order valence-corrected chi connectivity index (χ1v) is 8.51. The Hall–Kier alpha value is -3.86. The largest absolute Gasteiger partial charge is 0.508 e. The number of nitrogens with one attached hydrogen (secondary N) is 2. The van der Waals surface area contributed by atoms with E-state index in [1.165, 1.54) is 0 Å². The minimum absolute atomic E-state index is 0.209. The SMILES string of the molecule is O=C(N/N=C/c1c(-c2ccc(O)cc2)[nH]c2ccccc12)c1ccccc1. The van der Waals surface area contributed by atoms with Crippen LogP contribution in [0.25, 0.3) is 22.2 Å². The highest BCUT2D eigenvalue weighted by molar-refractivity contribution is 6.06. The highest BCUT2D eigenvalue weighted by Crippen LogP contribution is 2.30. The van der Waals surface area contributed by atoms with Gasteiger partial charge in [0.1, 0.15) is 5.75 Å². The van der Waals surface area contributed by atoms with Crippen molar-refractivity contribution in [2.75, 3.05) is 0 Å². The summed E-state index contributed by atoms with van der Waals surface area (Å²) in [6.45, 7) is 0. The maximum Gasteiger partial charge on any atom is 0.271 e. The predicted octanol–water partition coefficient (Wildman–Crippen LogP) is 4.30. The number of carbonyl (C=O) groups excluding carboxylic acids is 1. The lowest BCUT2D eigenvalue weighted by Crippen LogP contribution is -2.17. The van der Waals surface area contributed by atoms with Gasteiger partial charge in [-0.05, 0) is 48.0 Å². The Morgan fingerprint density at radius 2 is 1.63 bits per heavy atom.